The van der Waals surface area contributed by atoms with Gasteiger partial charge in [0.2, 0.25) is 11.8 Å². The summed E-state index contributed by atoms with van der Waals surface area (Å²) in [5.74, 6) is -0.0222. The van der Waals surface area contributed by atoms with Gasteiger partial charge < -0.3 is 15.0 Å². The van der Waals surface area contributed by atoms with Crippen LogP contribution in [0, 0.1) is 5.92 Å². The van der Waals surface area contributed by atoms with E-state index < -0.39 is 0 Å². The summed E-state index contributed by atoms with van der Waals surface area (Å²) in [7, 11) is 1.83. The maximum absolute atomic E-state index is 12.3. The number of nitrogens with zero attached hydrogens (tertiary/aromatic N) is 2. The van der Waals surface area contributed by atoms with E-state index in [4.69, 9.17) is 4.74 Å². The molecular formula is C18H25N3O3. The molecule has 0 spiro atoms. The molecule has 3 rings (SSSR count). The second-order valence-corrected chi connectivity index (χ2v) is 6.62. The molecule has 1 N–H and O–H groups in total. The van der Waals surface area contributed by atoms with Gasteiger partial charge in [0, 0.05) is 26.7 Å². The largest absolute Gasteiger partial charge is 0.378 e. The Bertz CT molecular complexity index is 578. The quantitative estimate of drug-likeness (QED) is 0.833. The molecule has 6 nitrogen and oxygen atoms in total. The molecule has 2 atom stereocenters. The number of benzene rings is 1. The van der Waals surface area contributed by atoms with Crippen molar-refractivity contribution in [3.05, 3.63) is 35.9 Å². The number of nitrogens with one attached hydrogen (secondary N) is 1. The summed E-state index contributed by atoms with van der Waals surface area (Å²) in [5, 5.41) is 2.98. The van der Waals surface area contributed by atoms with Crippen molar-refractivity contribution in [3.63, 3.8) is 0 Å². The van der Waals surface area contributed by atoms with Gasteiger partial charge in [0.15, 0.2) is 0 Å². The van der Waals surface area contributed by atoms with Crippen molar-refractivity contribution in [1.29, 1.82) is 0 Å². The van der Waals surface area contributed by atoms with Gasteiger partial charge in [0.25, 0.3) is 0 Å². The van der Waals surface area contributed by atoms with Crippen molar-refractivity contribution in [1.82, 2.24) is 15.1 Å². The second kappa shape index (κ2) is 7.77. The number of ether oxygens (including phenoxy) is 1. The SMILES string of the molecule is CN1C(=O)[C@H]2COC[C@@H]1CN(CC(=O)NCCc1ccccc1)C2. The van der Waals surface area contributed by atoms with Crippen LogP contribution in [0.5, 0.6) is 0 Å². The normalized spacial score (nSPS) is 24.5. The third-order valence-electron chi connectivity index (χ3n) is 4.77. The molecule has 2 fully saturated rings. The van der Waals surface area contributed by atoms with Gasteiger partial charge in [-0.05, 0) is 12.0 Å². The highest BCUT2D eigenvalue weighted by atomic mass is 16.5. The first kappa shape index (κ1) is 16.9. The Kier molecular flexibility index (Phi) is 5.48. The summed E-state index contributed by atoms with van der Waals surface area (Å²) in [5.41, 5.74) is 1.21. The molecule has 2 amide bonds. The molecular weight excluding hydrogens is 306 g/mol. The van der Waals surface area contributed by atoms with E-state index in [1.54, 1.807) is 4.90 Å². The first-order chi connectivity index (χ1) is 11.6. The number of carbonyl (C=O) groups excluding carboxylic acids is 2. The van der Waals surface area contributed by atoms with Crippen LogP contribution in [0.1, 0.15) is 5.56 Å². The maximum Gasteiger partial charge on any atom is 0.234 e. The lowest BCUT2D eigenvalue weighted by atomic mass is 10.1. The van der Waals surface area contributed by atoms with Crippen molar-refractivity contribution in [3.8, 4) is 0 Å². The number of likely N-dealkylation sites (N-methyl/N-ethyl adjacent to an activating group) is 1. The predicted molar refractivity (Wildman–Crippen MR) is 90.5 cm³/mol. The van der Waals surface area contributed by atoms with Gasteiger partial charge in [0.05, 0.1) is 31.7 Å². The molecule has 0 unspecified atom stereocenters. The smallest absolute Gasteiger partial charge is 0.234 e. The van der Waals surface area contributed by atoms with Crippen molar-refractivity contribution >= 4 is 11.8 Å². The van der Waals surface area contributed by atoms with Gasteiger partial charge in [-0.15, -0.1) is 0 Å². The first-order valence-electron chi connectivity index (χ1n) is 8.51. The fraction of sp³-hybridized carbons (Fsp3) is 0.556. The monoisotopic (exact) mass is 331 g/mol. The summed E-state index contributed by atoms with van der Waals surface area (Å²) in [6.45, 7) is 3.24. The first-order valence-corrected chi connectivity index (χ1v) is 8.51. The number of hydrogen-bond acceptors (Lipinski definition) is 4. The Hall–Kier alpha value is -1.92. The van der Waals surface area contributed by atoms with Crippen LogP contribution in [0.15, 0.2) is 30.3 Å². The summed E-state index contributed by atoms with van der Waals surface area (Å²) in [6.07, 6.45) is 0.826. The molecule has 130 valence electrons. The van der Waals surface area contributed by atoms with Crippen molar-refractivity contribution in [2.45, 2.75) is 12.5 Å². The van der Waals surface area contributed by atoms with Crippen LogP contribution in [-0.4, -0.2) is 74.1 Å². The van der Waals surface area contributed by atoms with Crippen LogP contribution in [-0.2, 0) is 20.7 Å². The fourth-order valence-electron chi connectivity index (χ4n) is 3.37. The van der Waals surface area contributed by atoms with Gasteiger partial charge in [-0.2, -0.15) is 0 Å². The minimum absolute atomic E-state index is 0.0157. The predicted octanol–water partition coefficient (Wildman–Crippen LogP) is 0.134. The molecule has 0 radical (unpaired) electrons. The van der Waals surface area contributed by atoms with E-state index in [1.807, 2.05) is 25.2 Å². The van der Waals surface area contributed by atoms with E-state index in [9.17, 15) is 9.59 Å². The minimum atomic E-state index is -0.167. The third-order valence-corrected chi connectivity index (χ3v) is 4.77. The highest BCUT2D eigenvalue weighted by molar-refractivity contribution is 5.81. The van der Waals surface area contributed by atoms with E-state index in [-0.39, 0.29) is 23.8 Å². The molecule has 2 aliphatic heterocycles. The Morgan fingerprint density at radius 3 is 2.83 bits per heavy atom. The van der Waals surface area contributed by atoms with E-state index in [0.717, 1.165) is 6.42 Å². The van der Waals surface area contributed by atoms with E-state index in [1.165, 1.54) is 5.56 Å². The highest BCUT2D eigenvalue weighted by Gasteiger charge is 2.37. The van der Waals surface area contributed by atoms with Gasteiger partial charge in [-0.1, -0.05) is 30.3 Å². The highest BCUT2D eigenvalue weighted by Crippen LogP contribution is 2.19. The Morgan fingerprint density at radius 1 is 1.25 bits per heavy atom. The lowest BCUT2D eigenvalue weighted by molar-refractivity contribution is -0.134. The fourth-order valence-corrected chi connectivity index (χ4v) is 3.37. The van der Waals surface area contributed by atoms with Crippen molar-refractivity contribution in [2.75, 3.05) is 46.4 Å². The minimum Gasteiger partial charge on any atom is -0.378 e. The van der Waals surface area contributed by atoms with Crippen molar-refractivity contribution in [2.24, 2.45) is 5.92 Å². The van der Waals surface area contributed by atoms with Gasteiger partial charge in [0.1, 0.15) is 0 Å². The van der Waals surface area contributed by atoms with E-state index >= 15 is 0 Å². The lowest BCUT2D eigenvalue weighted by Gasteiger charge is -2.28. The second-order valence-electron chi connectivity index (χ2n) is 6.62. The molecule has 0 saturated carbocycles. The van der Waals surface area contributed by atoms with E-state index in [2.05, 4.69) is 22.3 Å². The number of fused-ring (bicyclic) bond motifs is 3. The third kappa shape index (κ3) is 4.13. The molecule has 1 aromatic carbocycles. The Balaban J connectivity index is 1.48. The zero-order valence-electron chi connectivity index (χ0n) is 14.1. The van der Waals surface area contributed by atoms with E-state index in [0.29, 0.717) is 39.4 Å². The molecule has 2 saturated heterocycles. The summed E-state index contributed by atoms with van der Waals surface area (Å²) >= 11 is 0. The Labute approximate surface area is 142 Å². The molecule has 1 aromatic rings. The number of carbonyl (C=O) groups is 2. The number of rotatable bonds is 5. The van der Waals surface area contributed by atoms with Crippen LogP contribution >= 0.6 is 0 Å². The van der Waals surface area contributed by atoms with Crippen LogP contribution < -0.4 is 5.32 Å². The summed E-state index contributed by atoms with van der Waals surface area (Å²) in [6, 6.07) is 10.1. The molecule has 6 heteroatoms. The van der Waals surface area contributed by atoms with Gasteiger partial charge >= 0.3 is 0 Å². The average Bonchev–Trinajstić information content (AvgIpc) is 2.75. The van der Waals surface area contributed by atoms with Gasteiger partial charge in [-0.25, -0.2) is 0 Å². The number of hydrogen-bond donors (Lipinski definition) is 1. The van der Waals surface area contributed by atoms with Crippen LogP contribution in [0.4, 0.5) is 0 Å². The van der Waals surface area contributed by atoms with Crippen LogP contribution in [0.2, 0.25) is 0 Å². The molecule has 0 aliphatic carbocycles. The van der Waals surface area contributed by atoms with Crippen LogP contribution in [0.3, 0.4) is 0 Å². The van der Waals surface area contributed by atoms with Crippen LogP contribution in [0.25, 0.3) is 0 Å². The van der Waals surface area contributed by atoms with Gasteiger partial charge in [-0.3, -0.25) is 14.5 Å². The Morgan fingerprint density at radius 2 is 2.04 bits per heavy atom. The topological polar surface area (TPSA) is 61.9 Å². The molecule has 2 heterocycles. The zero-order chi connectivity index (χ0) is 16.9. The zero-order valence-corrected chi connectivity index (χ0v) is 14.1. The maximum atomic E-state index is 12.3. The average molecular weight is 331 g/mol. The lowest BCUT2D eigenvalue weighted by Crippen LogP contribution is -2.46. The summed E-state index contributed by atoms with van der Waals surface area (Å²) < 4.78 is 5.58. The molecule has 2 bridgehead atoms. The van der Waals surface area contributed by atoms with Crippen molar-refractivity contribution < 1.29 is 14.3 Å². The standard InChI is InChI=1S/C18H25N3O3/c1-20-16-10-21(9-15(18(20)23)12-24-13-16)11-17(22)19-8-7-14-5-3-2-4-6-14/h2-6,15-16H,7-13H2,1H3,(H,19,22)/t15-,16+/m1/s1. The molecule has 2 aliphatic rings. The molecule has 24 heavy (non-hydrogen) atoms. The number of amides is 2. The summed E-state index contributed by atoms with van der Waals surface area (Å²) in [4.78, 5) is 28.4. The molecule has 0 aromatic heterocycles.